The van der Waals surface area contributed by atoms with Gasteiger partial charge in [0.2, 0.25) is 5.92 Å². The maximum atomic E-state index is 13.7. The maximum absolute atomic E-state index is 13.7. The van der Waals surface area contributed by atoms with Gasteiger partial charge in [-0.05, 0) is 18.9 Å². The molecule has 106 valence electrons. The van der Waals surface area contributed by atoms with Crippen molar-refractivity contribution in [1.29, 1.82) is 5.26 Å². The van der Waals surface area contributed by atoms with Gasteiger partial charge in [-0.25, -0.2) is 13.2 Å². The highest BCUT2D eigenvalue weighted by Gasteiger charge is 2.39. The van der Waals surface area contributed by atoms with Gasteiger partial charge in [-0.1, -0.05) is 18.2 Å². The van der Waals surface area contributed by atoms with E-state index < -0.39 is 29.4 Å². The normalized spacial score (nSPS) is 20.1. The van der Waals surface area contributed by atoms with Gasteiger partial charge in [0.25, 0.3) is 0 Å². The Morgan fingerprint density at radius 2 is 1.90 bits per heavy atom. The number of nitriles is 1. The third-order valence-corrected chi connectivity index (χ3v) is 3.75. The lowest BCUT2D eigenvalue weighted by Gasteiger charge is -2.28. The standard InChI is InChI=1S/C15H14F3NO/c16-13-4-2-1-3-11(13)12(9-19)14(20)10-5-7-15(17,18)8-6-10/h1-4,10,12H,5-8H2. The Hall–Kier alpha value is -1.83. The van der Waals surface area contributed by atoms with E-state index in [1.54, 1.807) is 12.1 Å². The van der Waals surface area contributed by atoms with Crippen molar-refractivity contribution in [2.24, 2.45) is 5.92 Å². The molecule has 0 aliphatic heterocycles. The lowest BCUT2D eigenvalue weighted by atomic mass is 9.78. The van der Waals surface area contributed by atoms with Crippen LogP contribution < -0.4 is 0 Å². The Bertz CT molecular complexity index is 540. The highest BCUT2D eigenvalue weighted by molar-refractivity contribution is 5.90. The summed E-state index contributed by atoms with van der Waals surface area (Å²) in [5.41, 5.74) is 0.0253. The summed E-state index contributed by atoms with van der Waals surface area (Å²) in [5.74, 6) is -5.59. The predicted octanol–water partition coefficient (Wildman–Crippen LogP) is 3.83. The molecule has 1 fully saturated rings. The summed E-state index contributed by atoms with van der Waals surface area (Å²) >= 11 is 0. The highest BCUT2D eigenvalue weighted by Crippen LogP contribution is 2.38. The number of halogens is 3. The van der Waals surface area contributed by atoms with Crippen LogP contribution in [0.2, 0.25) is 0 Å². The first-order chi connectivity index (χ1) is 9.44. The fourth-order valence-corrected chi connectivity index (χ4v) is 2.56. The second-order valence-electron chi connectivity index (χ2n) is 5.12. The number of hydrogen-bond acceptors (Lipinski definition) is 2. The SMILES string of the molecule is N#CC(C(=O)C1CCC(F)(F)CC1)c1ccccc1F. The molecule has 0 radical (unpaired) electrons. The first-order valence-electron chi connectivity index (χ1n) is 6.50. The Kier molecular flexibility index (Phi) is 4.12. The smallest absolute Gasteiger partial charge is 0.248 e. The Labute approximate surface area is 115 Å². The third kappa shape index (κ3) is 3.01. The van der Waals surface area contributed by atoms with E-state index in [2.05, 4.69) is 0 Å². The molecular weight excluding hydrogens is 267 g/mol. The number of Topliss-reactive ketones (excluding diaryl/α,β-unsaturated/α-hetero) is 1. The van der Waals surface area contributed by atoms with Crippen molar-refractivity contribution in [2.75, 3.05) is 0 Å². The van der Waals surface area contributed by atoms with Crippen molar-refractivity contribution in [1.82, 2.24) is 0 Å². The Morgan fingerprint density at radius 1 is 1.30 bits per heavy atom. The monoisotopic (exact) mass is 281 g/mol. The lowest BCUT2D eigenvalue weighted by Crippen LogP contribution is -2.31. The van der Waals surface area contributed by atoms with E-state index >= 15 is 0 Å². The van der Waals surface area contributed by atoms with Gasteiger partial charge in [-0.2, -0.15) is 5.26 Å². The Morgan fingerprint density at radius 3 is 2.45 bits per heavy atom. The van der Waals surface area contributed by atoms with Gasteiger partial charge < -0.3 is 0 Å². The van der Waals surface area contributed by atoms with E-state index in [-0.39, 0.29) is 31.2 Å². The first kappa shape index (κ1) is 14.6. The van der Waals surface area contributed by atoms with Gasteiger partial charge in [0, 0.05) is 24.3 Å². The zero-order valence-corrected chi connectivity index (χ0v) is 10.8. The van der Waals surface area contributed by atoms with Crippen molar-refractivity contribution in [2.45, 2.75) is 37.5 Å². The van der Waals surface area contributed by atoms with Crippen LogP contribution in [0.4, 0.5) is 13.2 Å². The van der Waals surface area contributed by atoms with Gasteiger partial charge in [0.15, 0.2) is 5.78 Å². The number of alkyl halides is 2. The molecule has 2 nitrogen and oxygen atoms in total. The van der Waals surface area contributed by atoms with Crippen molar-refractivity contribution in [3.05, 3.63) is 35.6 Å². The molecule has 1 saturated carbocycles. The van der Waals surface area contributed by atoms with Gasteiger partial charge in [0.1, 0.15) is 11.7 Å². The van der Waals surface area contributed by atoms with Crippen LogP contribution in [-0.4, -0.2) is 11.7 Å². The number of ketones is 1. The fourth-order valence-electron chi connectivity index (χ4n) is 2.56. The number of hydrogen-bond donors (Lipinski definition) is 0. The molecule has 2 rings (SSSR count). The van der Waals surface area contributed by atoms with Gasteiger partial charge >= 0.3 is 0 Å². The minimum atomic E-state index is -2.73. The van der Waals surface area contributed by atoms with Gasteiger partial charge in [0.05, 0.1) is 6.07 Å². The minimum absolute atomic E-state index is 0.0253. The van der Waals surface area contributed by atoms with Crippen molar-refractivity contribution >= 4 is 5.78 Å². The summed E-state index contributed by atoms with van der Waals surface area (Å²) in [7, 11) is 0. The summed E-state index contributed by atoms with van der Waals surface area (Å²) in [6, 6.07) is 7.39. The van der Waals surface area contributed by atoms with E-state index in [1.165, 1.54) is 18.2 Å². The molecule has 1 aromatic carbocycles. The fraction of sp³-hybridized carbons (Fsp3) is 0.467. The summed E-state index contributed by atoms with van der Waals surface area (Å²) in [6.45, 7) is 0. The number of carbonyl (C=O) groups excluding carboxylic acids is 1. The molecule has 0 N–H and O–H groups in total. The van der Waals surface area contributed by atoms with Crippen LogP contribution in [0, 0.1) is 23.1 Å². The van der Waals surface area contributed by atoms with Crippen LogP contribution in [0.15, 0.2) is 24.3 Å². The van der Waals surface area contributed by atoms with Crippen molar-refractivity contribution in [3.8, 4) is 6.07 Å². The van der Waals surface area contributed by atoms with Crippen LogP contribution in [0.5, 0.6) is 0 Å². The molecule has 5 heteroatoms. The molecule has 1 aromatic rings. The predicted molar refractivity (Wildman–Crippen MR) is 66.7 cm³/mol. The molecule has 0 saturated heterocycles. The van der Waals surface area contributed by atoms with E-state index in [1.807, 2.05) is 0 Å². The van der Waals surface area contributed by atoms with Crippen LogP contribution in [0.25, 0.3) is 0 Å². The quantitative estimate of drug-likeness (QED) is 0.845. The molecule has 0 bridgehead atoms. The van der Waals surface area contributed by atoms with Crippen LogP contribution in [0.1, 0.15) is 37.2 Å². The Balaban J connectivity index is 2.16. The molecule has 1 aliphatic rings. The average Bonchev–Trinajstić information content (AvgIpc) is 2.41. The molecule has 0 aromatic heterocycles. The average molecular weight is 281 g/mol. The van der Waals surface area contributed by atoms with Crippen LogP contribution >= 0.6 is 0 Å². The van der Waals surface area contributed by atoms with E-state index in [4.69, 9.17) is 5.26 Å². The second-order valence-corrected chi connectivity index (χ2v) is 5.12. The van der Waals surface area contributed by atoms with Gasteiger partial charge in [-0.15, -0.1) is 0 Å². The summed E-state index contributed by atoms with van der Waals surface area (Å²) in [6.07, 6.45) is -0.589. The number of carbonyl (C=O) groups is 1. The molecule has 1 unspecified atom stereocenters. The third-order valence-electron chi connectivity index (χ3n) is 3.75. The zero-order valence-electron chi connectivity index (χ0n) is 10.8. The number of nitrogens with zero attached hydrogens (tertiary/aromatic N) is 1. The summed E-state index contributed by atoms with van der Waals surface area (Å²) in [5, 5.41) is 9.12. The van der Waals surface area contributed by atoms with E-state index in [0.29, 0.717) is 0 Å². The van der Waals surface area contributed by atoms with Gasteiger partial charge in [-0.3, -0.25) is 4.79 Å². The van der Waals surface area contributed by atoms with E-state index in [0.717, 1.165) is 0 Å². The molecule has 0 heterocycles. The topological polar surface area (TPSA) is 40.9 Å². The molecule has 20 heavy (non-hydrogen) atoms. The van der Waals surface area contributed by atoms with Crippen molar-refractivity contribution < 1.29 is 18.0 Å². The summed E-state index contributed by atoms with van der Waals surface area (Å²) < 4.78 is 39.8. The minimum Gasteiger partial charge on any atom is -0.298 e. The lowest BCUT2D eigenvalue weighted by molar-refractivity contribution is -0.127. The molecule has 1 atom stereocenters. The number of benzene rings is 1. The first-order valence-corrected chi connectivity index (χ1v) is 6.50. The number of rotatable bonds is 3. The van der Waals surface area contributed by atoms with Crippen LogP contribution in [-0.2, 0) is 4.79 Å². The second kappa shape index (κ2) is 5.66. The largest absolute Gasteiger partial charge is 0.298 e. The maximum Gasteiger partial charge on any atom is 0.248 e. The molecule has 0 spiro atoms. The highest BCUT2D eigenvalue weighted by atomic mass is 19.3. The van der Waals surface area contributed by atoms with E-state index in [9.17, 15) is 18.0 Å². The zero-order chi connectivity index (χ0) is 14.8. The molecular formula is C15H14F3NO. The summed E-state index contributed by atoms with van der Waals surface area (Å²) in [4.78, 5) is 12.3. The van der Waals surface area contributed by atoms with Crippen molar-refractivity contribution in [3.63, 3.8) is 0 Å². The molecule has 0 amide bonds. The molecule has 1 aliphatic carbocycles. The van der Waals surface area contributed by atoms with Crippen LogP contribution in [0.3, 0.4) is 0 Å².